The number of carbonyl (C=O) groups excluding carboxylic acids is 1. The van der Waals surface area contributed by atoms with Crippen LogP contribution < -0.4 is 11.1 Å². The number of rotatable bonds is 5. The SMILES string of the molecule is COC(CN)C(=O)NC[C@@H](C)O. The second-order valence-corrected chi connectivity index (χ2v) is 2.55. The molecule has 0 aliphatic heterocycles. The molecule has 1 amide bonds. The van der Waals surface area contributed by atoms with Gasteiger partial charge in [0, 0.05) is 20.2 Å². The van der Waals surface area contributed by atoms with Gasteiger partial charge in [0.1, 0.15) is 6.10 Å². The van der Waals surface area contributed by atoms with Crippen LogP contribution >= 0.6 is 0 Å². The van der Waals surface area contributed by atoms with E-state index in [1.165, 1.54) is 7.11 Å². The van der Waals surface area contributed by atoms with Crippen LogP contribution in [-0.4, -0.2) is 43.4 Å². The highest BCUT2D eigenvalue weighted by Gasteiger charge is 2.14. The lowest BCUT2D eigenvalue weighted by Gasteiger charge is -2.13. The van der Waals surface area contributed by atoms with Gasteiger partial charge in [0.05, 0.1) is 6.10 Å². The molecule has 0 aliphatic rings. The number of nitrogens with one attached hydrogen (secondary N) is 1. The standard InChI is InChI=1S/C7H16N2O3/c1-5(10)4-9-7(11)6(3-8)12-2/h5-6,10H,3-4,8H2,1-2H3,(H,9,11)/t5-,6?/m1/s1. The zero-order valence-corrected chi connectivity index (χ0v) is 7.41. The lowest BCUT2D eigenvalue weighted by molar-refractivity contribution is -0.130. The molecule has 2 atom stereocenters. The van der Waals surface area contributed by atoms with Crippen molar-refractivity contribution in [3.63, 3.8) is 0 Å². The minimum absolute atomic E-state index is 0.141. The van der Waals surface area contributed by atoms with Gasteiger partial charge in [-0.25, -0.2) is 0 Å². The molecule has 72 valence electrons. The Hall–Kier alpha value is -0.650. The maximum absolute atomic E-state index is 11.1. The van der Waals surface area contributed by atoms with Crippen LogP contribution in [0.3, 0.4) is 0 Å². The van der Waals surface area contributed by atoms with E-state index < -0.39 is 12.2 Å². The normalized spacial score (nSPS) is 15.3. The monoisotopic (exact) mass is 176 g/mol. The third-order valence-electron chi connectivity index (χ3n) is 1.36. The number of aliphatic hydroxyl groups excluding tert-OH is 1. The summed E-state index contributed by atoms with van der Waals surface area (Å²) >= 11 is 0. The molecule has 0 saturated carbocycles. The summed E-state index contributed by atoms with van der Waals surface area (Å²) in [6.45, 7) is 1.95. The maximum atomic E-state index is 11.1. The summed E-state index contributed by atoms with van der Waals surface area (Å²) < 4.78 is 4.77. The molecule has 5 heteroatoms. The van der Waals surface area contributed by atoms with Gasteiger partial charge in [-0.3, -0.25) is 4.79 Å². The second kappa shape index (κ2) is 5.93. The van der Waals surface area contributed by atoms with Gasteiger partial charge < -0.3 is 20.9 Å². The lowest BCUT2D eigenvalue weighted by atomic mass is 10.3. The van der Waals surface area contributed by atoms with Crippen molar-refractivity contribution < 1.29 is 14.6 Å². The third kappa shape index (κ3) is 4.27. The van der Waals surface area contributed by atoms with Crippen LogP contribution in [-0.2, 0) is 9.53 Å². The molecule has 4 N–H and O–H groups in total. The van der Waals surface area contributed by atoms with Gasteiger partial charge in [-0.05, 0) is 6.92 Å². The number of amides is 1. The predicted octanol–water partition coefficient (Wildman–Crippen LogP) is -1.54. The quantitative estimate of drug-likeness (QED) is 0.474. The molecule has 0 heterocycles. The first-order valence-electron chi connectivity index (χ1n) is 3.80. The van der Waals surface area contributed by atoms with Gasteiger partial charge in [-0.15, -0.1) is 0 Å². The molecule has 12 heavy (non-hydrogen) atoms. The Morgan fingerprint density at radius 3 is 2.67 bits per heavy atom. The molecule has 0 spiro atoms. The molecule has 0 aromatic carbocycles. The summed E-state index contributed by atoms with van der Waals surface area (Å²) in [4.78, 5) is 11.1. The van der Waals surface area contributed by atoms with E-state index in [9.17, 15) is 4.79 Å². The van der Waals surface area contributed by atoms with Crippen molar-refractivity contribution in [2.45, 2.75) is 19.1 Å². The van der Waals surface area contributed by atoms with E-state index >= 15 is 0 Å². The predicted molar refractivity (Wildman–Crippen MR) is 44.5 cm³/mol. The smallest absolute Gasteiger partial charge is 0.250 e. The summed E-state index contributed by atoms with van der Waals surface area (Å²) in [5.41, 5.74) is 5.24. The molecule has 0 aliphatic carbocycles. The van der Waals surface area contributed by atoms with Gasteiger partial charge in [0.2, 0.25) is 0 Å². The highest BCUT2D eigenvalue weighted by atomic mass is 16.5. The van der Waals surface area contributed by atoms with Crippen molar-refractivity contribution in [1.82, 2.24) is 5.32 Å². The van der Waals surface area contributed by atoms with Gasteiger partial charge >= 0.3 is 0 Å². The topological polar surface area (TPSA) is 84.6 Å². The molecule has 0 bridgehead atoms. The van der Waals surface area contributed by atoms with Crippen LogP contribution in [0, 0.1) is 0 Å². The van der Waals surface area contributed by atoms with Crippen molar-refractivity contribution in [2.75, 3.05) is 20.2 Å². The highest BCUT2D eigenvalue weighted by molar-refractivity contribution is 5.80. The van der Waals surface area contributed by atoms with E-state index in [4.69, 9.17) is 15.6 Å². The number of hydrogen-bond donors (Lipinski definition) is 3. The van der Waals surface area contributed by atoms with Crippen LogP contribution in [0.4, 0.5) is 0 Å². The van der Waals surface area contributed by atoms with Gasteiger partial charge in [0.15, 0.2) is 0 Å². The Morgan fingerprint density at radius 1 is 1.75 bits per heavy atom. The number of aliphatic hydroxyl groups is 1. The van der Waals surface area contributed by atoms with Crippen LogP contribution in [0.2, 0.25) is 0 Å². The van der Waals surface area contributed by atoms with Crippen molar-refractivity contribution in [3.8, 4) is 0 Å². The van der Waals surface area contributed by atoms with E-state index in [0.717, 1.165) is 0 Å². The van der Waals surface area contributed by atoms with Gasteiger partial charge in [0.25, 0.3) is 5.91 Å². The van der Waals surface area contributed by atoms with E-state index in [2.05, 4.69) is 5.32 Å². The fourth-order valence-electron chi connectivity index (χ4n) is 0.672. The second-order valence-electron chi connectivity index (χ2n) is 2.55. The van der Waals surface area contributed by atoms with Crippen molar-refractivity contribution >= 4 is 5.91 Å². The molecule has 5 nitrogen and oxygen atoms in total. The fraction of sp³-hybridized carbons (Fsp3) is 0.857. The van der Waals surface area contributed by atoms with Crippen LogP contribution in [0.15, 0.2) is 0 Å². The Morgan fingerprint density at radius 2 is 2.33 bits per heavy atom. The maximum Gasteiger partial charge on any atom is 0.250 e. The zero-order chi connectivity index (χ0) is 9.56. The Balaban J connectivity index is 3.69. The summed E-state index contributed by atoms with van der Waals surface area (Å²) in [5.74, 6) is -0.291. The number of methoxy groups -OCH3 is 1. The minimum atomic E-state index is -0.622. The Kier molecular flexibility index (Phi) is 5.61. The summed E-state index contributed by atoms with van der Waals surface area (Å²) in [5, 5.41) is 11.3. The lowest BCUT2D eigenvalue weighted by Crippen LogP contribution is -2.42. The average molecular weight is 176 g/mol. The molecule has 0 radical (unpaired) electrons. The molecule has 0 saturated heterocycles. The van der Waals surface area contributed by atoms with Crippen LogP contribution in [0.25, 0.3) is 0 Å². The van der Waals surface area contributed by atoms with Crippen molar-refractivity contribution in [2.24, 2.45) is 5.73 Å². The zero-order valence-electron chi connectivity index (χ0n) is 7.41. The van der Waals surface area contributed by atoms with Gasteiger partial charge in [-0.1, -0.05) is 0 Å². The minimum Gasteiger partial charge on any atom is -0.392 e. The summed E-state index contributed by atoms with van der Waals surface area (Å²) in [7, 11) is 1.42. The fourth-order valence-corrected chi connectivity index (χ4v) is 0.672. The molecular weight excluding hydrogens is 160 g/mol. The molecule has 0 fully saturated rings. The number of carbonyl (C=O) groups is 1. The molecule has 0 rings (SSSR count). The van der Waals surface area contributed by atoms with Gasteiger partial charge in [-0.2, -0.15) is 0 Å². The van der Waals surface area contributed by atoms with Crippen LogP contribution in [0.1, 0.15) is 6.92 Å². The van der Waals surface area contributed by atoms with Crippen LogP contribution in [0.5, 0.6) is 0 Å². The van der Waals surface area contributed by atoms with Crippen molar-refractivity contribution in [1.29, 1.82) is 0 Å². The van der Waals surface area contributed by atoms with E-state index in [-0.39, 0.29) is 19.0 Å². The number of nitrogens with two attached hydrogens (primary N) is 1. The Labute approximate surface area is 71.9 Å². The average Bonchev–Trinajstić information content (AvgIpc) is 2.03. The summed E-state index contributed by atoms with van der Waals surface area (Å²) in [6.07, 6.45) is -1.17. The summed E-state index contributed by atoms with van der Waals surface area (Å²) in [6, 6.07) is 0. The molecule has 0 aromatic rings. The van der Waals surface area contributed by atoms with E-state index in [0.29, 0.717) is 0 Å². The number of ether oxygens (including phenoxy) is 1. The van der Waals surface area contributed by atoms with E-state index in [1.54, 1.807) is 6.92 Å². The molecule has 1 unspecified atom stereocenters. The first-order valence-corrected chi connectivity index (χ1v) is 3.80. The first kappa shape index (κ1) is 11.4. The van der Waals surface area contributed by atoms with E-state index in [1.807, 2.05) is 0 Å². The third-order valence-corrected chi connectivity index (χ3v) is 1.36. The van der Waals surface area contributed by atoms with Crippen molar-refractivity contribution in [3.05, 3.63) is 0 Å². The highest BCUT2D eigenvalue weighted by Crippen LogP contribution is 1.86. The first-order chi connectivity index (χ1) is 5.61. The largest absolute Gasteiger partial charge is 0.392 e. The molecular formula is C7H16N2O3. The molecule has 0 aromatic heterocycles. The Bertz CT molecular complexity index is 135. The number of hydrogen-bond acceptors (Lipinski definition) is 4.